The molecule has 0 bridgehead atoms. The molecule has 2 rings (SSSR count). The molecular weight excluding hydrogens is 323 g/mol. The number of nitrogens with one attached hydrogen (secondary N) is 1. The Labute approximate surface area is 137 Å². The van der Waals surface area contributed by atoms with E-state index in [2.05, 4.69) is 33.8 Å². The van der Waals surface area contributed by atoms with Gasteiger partial charge in [-0.15, -0.1) is 0 Å². The van der Waals surface area contributed by atoms with Gasteiger partial charge in [0.15, 0.2) is 0 Å². The quantitative estimate of drug-likeness (QED) is 0.865. The van der Waals surface area contributed by atoms with E-state index < -0.39 is 12.1 Å². The Hall–Kier alpha value is -2.38. The molecule has 1 amide bonds. The average Bonchev–Trinajstić information content (AvgIpc) is 3.06. The molecule has 24 heavy (non-hydrogen) atoms. The number of benzene rings is 1. The molecule has 5 nitrogen and oxygen atoms in total. The first-order valence-electron chi connectivity index (χ1n) is 7.64. The lowest BCUT2D eigenvalue weighted by atomic mass is 10.0. The summed E-state index contributed by atoms with van der Waals surface area (Å²) < 4.78 is 41.5. The molecule has 0 saturated heterocycles. The highest BCUT2D eigenvalue weighted by Gasteiger charge is 2.38. The number of carbonyl (C=O) groups excluding carboxylic acids is 1. The zero-order valence-electron chi connectivity index (χ0n) is 13.4. The third-order valence-electron chi connectivity index (χ3n) is 3.78. The van der Waals surface area contributed by atoms with Crippen molar-refractivity contribution in [2.75, 3.05) is 6.54 Å². The molecule has 0 aliphatic heterocycles. The minimum absolute atomic E-state index is 0.175. The van der Waals surface area contributed by atoms with Crippen LogP contribution >= 0.6 is 0 Å². The Kier molecular flexibility index (Phi) is 5.58. The Bertz CT molecular complexity index is 677. The van der Waals surface area contributed by atoms with E-state index in [0.717, 1.165) is 12.8 Å². The van der Waals surface area contributed by atoms with Crippen LogP contribution < -0.4 is 5.32 Å². The highest BCUT2D eigenvalue weighted by atomic mass is 19.4. The summed E-state index contributed by atoms with van der Waals surface area (Å²) in [7, 11) is 0. The number of halogens is 3. The first-order valence-corrected chi connectivity index (χ1v) is 7.64. The number of hydrogen-bond donors (Lipinski definition) is 1. The summed E-state index contributed by atoms with van der Waals surface area (Å²) in [5.41, 5.74) is 0.759. The summed E-state index contributed by atoms with van der Waals surface area (Å²) in [6, 6.07) is 6.00. The van der Waals surface area contributed by atoms with Crippen LogP contribution in [-0.4, -0.2) is 22.6 Å². The Morgan fingerprint density at radius 1 is 1.21 bits per heavy atom. The minimum Gasteiger partial charge on any atom is -0.352 e. The summed E-state index contributed by atoms with van der Waals surface area (Å²) >= 11 is 0. The molecule has 8 heteroatoms. The SMILES string of the molecule is CCC(CC)CNC(=O)c1ccc(-c2noc(C(F)(F)F)n2)cc1. The maximum Gasteiger partial charge on any atom is 0.471 e. The maximum absolute atomic E-state index is 12.4. The van der Waals surface area contributed by atoms with Gasteiger partial charge >= 0.3 is 12.1 Å². The van der Waals surface area contributed by atoms with Crippen molar-refractivity contribution in [1.82, 2.24) is 15.5 Å². The zero-order valence-corrected chi connectivity index (χ0v) is 13.4. The smallest absolute Gasteiger partial charge is 0.352 e. The van der Waals surface area contributed by atoms with Crippen molar-refractivity contribution in [2.45, 2.75) is 32.9 Å². The van der Waals surface area contributed by atoms with Crippen molar-refractivity contribution in [3.05, 3.63) is 35.7 Å². The van der Waals surface area contributed by atoms with Gasteiger partial charge in [0.25, 0.3) is 5.91 Å². The lowest BCUT2D eigenvalue weighted by molar-refractivity contribution is -0.159. The number of alkyl halides is 3. The summed E-state index contributed by atoms with van der Waals surface area (Å²) in [4.78, 5) is 15.4. The highest BCUT2D eigenvalue weighted by Crippen LogP contribution is 2.29. The fraction of sp³-hybridized carbons (Fsp3) is 0.438. The maximum atomic E-state index is 12.4. The molecule has 0 saturated carbocycles. The van der Waals surface area contributed by atoms with Crippen LogP contribution in [0.2, 0.25) is 0 Å². The molecule has 0 radical (unpaired) electrons. The fourth-order valence-corrected chi connectivity index (χ4v) is 2.14. The Morgan fingerprint density at radius 2 is 1.83 bits per heavy atom. The second-order valence-corrected chi connectivity index (χ2v) is 5.39. The van der Waals surface area contributed by atoms with Crippen molar-refractivity contribution < 1.29 is 22.5 Å². The van der Waals surface area contributed by atoms with Gasteiger partial charge in [-0.2, -0.15) is 18.2 Å². The van der Waals surface area contributed by atoms with E-state index in [0.29, 0.717) is 23.6 Å². The van der Waals surface area contributed by atoms with Crippen LogP contribution in [0.4, 0.5) is 13.2 Å². The number of aromatic nitrogens is 2. The van der Waals surface area contributed by atoms with Crippen molar-refractivity contribution in [1.29, 1.82) is 0 Å². The van der Waals surface area contributed by atoms with E-state index in [9.17, 15) is 18.0 Å². The number of nitrogens with zero attached hydrogens (tertiary/aromatic N) is 2. The first-order chi connectivity index (χ1) is 11.3. The number of rotatable bonds is 6. The second kappa shape index (κ2) is 7.46. The molecule has 0 spiro atoms. The minimum atomic E-state index is -4.68. The van der Waals surface area contributed by atoms with Crippen LogP contribution in [0, 0.1) is 5.92 Å². The molecule has 0 aliphatic rings. The van der Waals surface area contributed by atoms with Crippen molar-refractivity contribution in [2.24, 2.45) is 5.92 Å². The molecule has 0 aliphatic carbocycles. The fourth-order valence-electron chi connectivity index (χ4n) is 2.14. The number of amides is 1. The average molecular weight is 341 g/mol. The molecule has 0 unspecified atom stereocenters. The van der Waals surface area contributed by atoms with Crippen molar-refractivity contribution in [3.63, 3.8) is 0 Å². The van der Waals surface area contributed by atoms with E-state index in [4.69, 9.17) is 0 Å². The molecule has 1 aromatic carbocycles. The second-order valence-electron chi connectivity index (χ2n) is 5.39. The van der Waals surface area contributed by atoms with Crippen LogP contribution in [0.5, 0.6) is 0 Å². The predicted molar refractivity (Wildman–Crippen MR) is 81.1 cm³/mol. The van der Waals surface area contributed by atoms with E-state index in [1.807, 2.05) is 0 Å². The lowest BCUT2D eigenvalue weighted by Gasteiger charge is -2.13. The van der Waals surface area contributed by atoms with Gasteiger partial charge in [0.2, 0.25) is 5.82 Å². The largest absolute Gasteiger partial charge is 0.471 e. The van der Waals surface area contributed by atoms with Gasteiger partial charge in [-0.25, -0.2) is 0 Å². The Balaban J connectivity index is 2.05. The van der Waals surface area contributed by atoms with Gasteiger partial charge in [-0.3, -0.25) is 4.79 Å². The lowest BCUT2D eigenvalue weighted by Crippen LogP contribution is -2.28. The van der Waals surface area contributed by atoms with Gasteiger partial charge in [0, 0.05) is 17.7 Å². The molecule has 1 heterocycles. The van der Waals surface area contributed by atoms with Gasteiger partial charge in [0.05, 0.1) is 0 Å². The van der Waals surface area contributed by atoms with Gasteiger partial charge in [0.1, 0.15) is 0 Å². The van der Waals surface area contributed by atoms with Crippen LogP contribution in [-0.2, 0) is 6.18 Å². The van der Waals surface area contributed by atoms with Crippen molar-refractivity contribution in [3.8, 4) is 11.4 Å². The summed E-state index contributed by atoms with van der Waals surface area (Å²) in [6.45, 7) is 4.72. The molecule has 2 aromatic rings. The third-order valence-corrected chi connectivity index (χ3v) is 3.78. The monoisotopic (exact) mass is 341 g/mol. The van der Waals surface area contributed by atoms with Crippen LogP contribution in [0.25, 0.3) is 11.4 Å². The highest BCUT2D eigenvalue weighted by molar-refractivity contribution is 5.94. The van der Waals surface area contributed by atoms with Crippen molar-refractivity contribution >= 4 is 5.91 Å². The van der Waals surface area contributed by atoms with E-state index in [1.165, 1.54) is 24.3 Å². The first kappa shape index (κ1) is 18.0. The molecular formula is C16H18F3N3O2. The number of hydrogen-bond acceptors (Lipinski definition) is 4. The Morgan fingerprint density at radius 3 is 2.33 bits per heavy atom. The topological polar surface area (TPSA) is 68.0 Å². The van der Waals surface area contributed by atoms with E-state index in [1.54, 1.807) is 0 Å². The summed E-state index contributed by atoms with van der Waals surface area (Å²) in [5.74, 6) is -1.37. The number of carbonyl (C=O) groups is 1. The van der Waals surface area contributed by atoms with Gasteiger partial charge in [-0.1, -0.05) is 44.0 Å². The normalized spacial score (nSPS) is 11.8. The molecule has 130 valence electrons. The van der Waals surface area contributed by atoms with E-state index in [-0.39, 0.29) is 11.7 Å². The summed E-state index contributed by atoms with van der Waals surface area (Å²) in [5, 5.41) is 6.15. The van der Waals surface area contributed by atoms with Crippen LogP contribution in [0.1, 0.15) is 42.9 Å². The molecule has 0 fully saturated rings. The van der Waals surface area contributed by atoms with Crippen LogP contribution in [0.15, 0.2) is 28.8 Å². The predicted octanol–water partition coefficient (Wildman–Crippen LogP) is 3.92. The van der Waals surface area contributed by atoms with Crippen LogP contribution in [0.3, 0.4) is 0 Å². The molecule has 1 aromatic heterocycles. The van der Waals surface area contributed by atoms with Gasteiger partial charge < -0.3 is 9.84 Å². The molecule has 1 N–H and O–H groups in total. The standard InChI is InChI=1S/C16H18F3N3O2/c1-3-10(4-2)9-20-14(23)12-7-5-11(6-8-12)13-21-15(24-22-13)16(17,18)19/h5-8,10H,3-4,9H2,1-2H3,(H,20,23). The third kappa shape index (κ3) is 4.33. The van der Waals surface area contributed by atoms with E-state index >= 15 is 0 Å². The zero-order chi connectivity index (χ0) is 17.7. The summed E-state index contributed by atoms with van der Waals surface area (Å²) in [6.07, 6.45) is -2.72. The van der Waals surface area contributed by atoms with Gasteiger partial charge in [-0.05, 0) is 18.1 Å². The molecule has 0 atom stereocenters.